The van der Waals surface area contributed by atoms with Crippen molar-refractivity contribution in [2.75, 3.05) is 0 Å². The zero-order valence-electron chi connectivity index (χ0n) is 21.4. The minimum absolute atomic E-state index is 0.244. The van der Waals surface area contributed by atoms with E-state index in [2.05, 4.69) is 19.1 Å². The van der Waals surface area contributed by atoms with Gasteiger partial charge < -0.3 is 0 Å². The molecule has 1 aliphatic rings. The Labute approximate surface area is 219 Å². The summed E-state index contributed by atoms with van der Waals surface area (Å²) >= 11 is 5.56. The smallest absolute Gasteiger partial charge is 0.145 e. The van der Waals surface area contributed by atoms with Gasteiger partial charge in [-0.3, -0.25) is 0 Å². The molecule has 3 aromatic carbocycles. The Morgan fingerprint density at radius 2 is 1.42 bits per heavy atom. The van der Waals surface area contributed by atoms with Gasteiger partial charge in [-0.2, -0.15) is 0 Å². The number of hydrogen-bond acceptors (Lipinski definition) is 0. The van der Waals surface area contributed by atoms with Crippen LogP contribution in [0, 0.1) is 29.3 Å². The number of benzene rings is 3. The van der Waals surface area contributed by atoms with E-state index in [4.69, 9.17) is 11.6 Å². The van der Waals surface area contributed by atoms with Crippen LogP contribution in [-0.4, -0.2) is 0 Å². The molecule has 0 aliphatic heterocycles. The first-order valence-corrected chi connectivity index (χ1v) is 14.2. The average Bonchev–Trinajstić information content (AvgIpc) is 2.88. The minimum Gasteiger partial charge on any atom is -0.206 e. The van der Waals surface area contributed by atoms with Crippen LogP contribution in [0.15, 0.2) is 42.5 Å². The molecule has 0 nitrogen and oxygen atoms in total. The topological polar surface area (TPSA) is 0 Å². The monoisotopic (exact) mass is 514 g/mol. The van der Waals surface area contributed by atoms with Crippen LogP contribution in [0.1, 0.15) is 87.8 Å². The van der Waals surface area contributed by atoms with Crippen molar-refractivity contribution in [3.05, 3.63) is 81.6 Å². The summed E-state index contributed by atoms with van der Waals surface area (Å²) in [5.41, 5.74) is 2.29. The standard InChI is InChI=1S/C32H38ClF3/c1-2-3-4-5-6-22-7-9-23(10-8-22)11-12-24-14-18-28-27(19-24)17-16-26(32(28)36)15-13-25-20-29(34)31(33)30(35)21-25/h14,16-23H,2-13,15H2,1H3. The van der Waals surface area contributed by atoms with Gasteiger partial charge in [0, 0.05) is 5.39 Å². The van der Waals surface area contributed by atoms with Crippen molar-refractivity contribution < 1.29 is 13.2 Å². The fourth-order valence-corrected chi connectivity index (χ4v) is 5.91. The van der Waals surface area contributed by atoms with Crippen molar-refractivity contribution >= 4 is 22.4 Å². The maximum absolute atomic E-state index is 15.2. The zero-order valence-corrected chi connectivity index (χ0v) is 22.2. The Morgan fingerprint density at radius 3 is 2.11 bits per heavy atom. The second-order valence-corrected chi connectivity index (χ2v) is 11.1. The largest absolute Gasteiger partial charge is 0.206 e. The third-order valence-corrected chi connectivity index (χ3v) is 8.46. The first-order chi connectivity index (χ1) is 17.4. The van der Waals surface area contributed by atoms with Crippen LogP contribution in [-0.2, 0) is 19.3 Å². The first kappa shape index (κ1) is 27.0. The lowest BCUT2D eigenvalue weighted by Crippen LogP contribution is -2.15. The van der Waals surface area contributed by atoms with E-state index in [0.29, 0.717) is 29.4 Å². The maximum atomic E-state index is 15.2. The second kappa shape index (κ2) is 13.0. The van der Waals surface area contributed by atoms with Crippen LogP contribution in [0.25, 0.3) is 10.8 Å². The van der Waals surface area contributed by atoms with Gasteiger partial charge in [0.15, 0.2) is 0 Å². The third-order valence-electron chi connectivity index (χ3n) is 8.10. The number of unbranched alkanes of at least 4 members (excludes halogenated alkanes) is 3. The lowest BCUT2D eigenvalue weighted by atomic mass is 9.77. The van der Waals surface area contributed by atoms with Crippen molar-refractivity contribution in [1.29, 1.82) is 0 Å². The fraction of sp³-hybridized carbons (Fsp3) is 0.500. The molecule has 0 amide bonds. The van der Waals surface area contributed by atoms with Gasteiger partial charge in [-0.15, -0.1) is 0 Å². The summed E-state index contributed by atoms with van der Waals surface area (Å²) in [6.45, 7) is 2.27. The van der Waals surface area contributed by atoms with Crippen molar-refractivity contribution in [3.63, 3.8) is 0 Å². The molecule has 0 N–H and O–H groups in total. The molecule has 0 bridgehead atoms. The Bertz CT molecular complexity index is 1120. The molecule has 36 heavy (non-hydrogen) atoms. The van der Waals surface area contributed by atoms with Crippen LogP contribution >= 0.6 is 11.6 Å². The average molecular weight is 515 g/mol. The third kappa shape index (κ3) is 7.06. The summed E-state index contributed by atoms with van der Waals surface area (Å²) < 4.78 is 42.6. The van der Waals surface area contributed by atoms with Crippen LogP contribution < -0.4 is 0 Å². The molecule has 1 saturated carbocycles. The summed E-state index contributed by atoms with van der Waals surface area (Å²) in [6.07, 6.45) is 15.3. The van der Waals surface area contributed by atoms with Gasteiger partial charge in [0.05, 0.1) is 0 Å². The normalized spacial score (nSPS) is 18.1. The van der Waals surface area contributed by atoms with Crippen LogP contribution in [0.3, 0.4) is 0 Å². The van der Waals surface area contributed by atoms with Crippen molar-refractivity contribution in [2.45, 2.75) is 90.4 Å². The highest BCUT2D eigenvalue weighted by Crippen LogP contribution is 2.35. The Morgan fingerprint density at radius 1 is 0.722 bits per heavy atom. The molecule has 1 fully saturated rings. The summed E-state index contributed by atoms with van der Waals surface area (Å²) in [4.78, 5) is 0. The van der Waals surface area contributed by atoms with Gasteiger partial charge in [0.1, 0.15) is 22.5 Å². The molecule has 0 heterocycles. The molecule has 4 rings (SSSR count). The van der Waals surface area contributed by atoms with E-state index in [9.17, 15) is 8.78 Å². The van der Waals surface area contributed by atoms with E-state index in [-0.39, 0.29) is 5.82 Å². The molecule has 0 atom stereocenters. The van der Waals surface area contributed by atoms with Crippen molar-refractivity contribution in [1.82, 2.24) is 0 Å². The summed E-state index contributed by atoms with van der Waals surface area (Å²) in [5, 5.41) is 1.01. The predicted octanol–water partition coefficient (Wildman–Crippen LogP) is 10.4. The fourth-order valence-electron chi connectivity index (χ4n) is 5.81. The molecule has 1 aliphatic carbocycles. The number of fused-ring (bicyclic) bond motifs is 1. The molecular weight excluding hydrogens is 477 g/mol. The Hall–Kier alpha value is -2.00. The molecule has 4 heteroatoms. The molecule has 194 valence electrons. The Kier molecular flexibility index (Phi) is 9.76. The van der Waals surface area contributed by atoms with Crippen molar-refractivity contribution in [2.24, 2.45) is 11.8 Å². The molecular formula is C32H38ClF3. The van der Waals surface area contributed by atoms with E-state index in [0.717, 1.165) is 23.6 Å². The van der Waals surface area contributed by atoms with Gasteiger partial charge in [0.25, 0.3) is 0 Å². The van der Waals surface area contributed by atoms with E-state index in [1.807, 2.05) is 12.1 Å². The molecule has 0 radical (unpaired) electrons. The van der Waals surface area contributed by atoms with Gasteiger partial charge >= 0.3 is 0 Å². The molecule has 0 unspecified atom stereocenters. The molecule has 0 aromatic heterocycles. The van der Waals surface area contributed by atoms with Crippen LogP contribution in [0.5, 0.6) is 0 Å². The molecule has 3 aromatic rings. The van der Waals surface area contributed by atoms with E-state index in [1.165, 1.54) is 81.9 Å². The van der Waals surface area contributed by atoms with E-state index >= 15 is 4.39 Å². The summed E-state index contributed by atoms with van der Waals surface area (Å²) in [6, 6.07) is 12.3. The van der Waals surface area contributed by atoms with Gasteiger partial charge in [-0.1, -0.05) is 107 Å². The quantitative estimate of drug-likeness (QED) is 0.176. The highest BCUT2D eigenvalue weighted by atomic mass is 35.5. The highest BCUT2D eigenvalue weighted by molar-refractivity contribution is 6.30. The minimum atomic E-state index is -0.784. The number of rotatable bonds is 11. The van der Waals surface area contributed by atoms with E-state index in [1.54, 1.807) is 6.07 Å². The van der Waals surface area contributed by atoms with E-state index < -0.39 is 16.7 Å². The zero-order chi connectivity index (χ0) is 25.5. The first-order valence-electron chi connectivity index (χ1n) is 13.8. The number of aryl methyl sites for hydroxylation is 3. The van der Waals surface area contributed by atoms with Crippen LogP contribution in [0.4, 0.5) is 13.2 Å². The maximum Gasteiger partial charge on any atom is 0.145 e. The van der Waals surface area contributed by atoms with Gasteiger partial charge in [0.2, 0.25) is 0 Å². The molecule has 0 saturated heterocycles. The SMILES string of the molecule is CCCCCCC1CCC(CCc2ccc3c(F)c(CCc4cc(F)c(Cl)c(F)c4)ccc3c2)CC1. The van der Waals surface area contributed by atoms with Gasteiger partial charge in [-0.25, -0.2) is 13.2 Å². The summed E-state index contributed by atoms with van der Waals surface area (Å²) in [7, 11) is 0. The number of halogens is 4. The highest BCUT2D eigenvalue weighted by Gasteiger charge is 2.21. The second-order valence-electron chi connectivity index (χ2n) is 10.7. The molecule has 0 spiro atoms. The predicted molar refractivity (Wildman–Crippen MR) is 145 cm³/mol. The summed E-state index contributed by atoms with van der Waals surface area (Å²) in [5.74, 6) is -0.0589. The Balaban J connectivity index is 1.30. The lowest BCUT2D eigenvalue weighted by Gasteiger charge is -2.28. The van der Waals surface area contributed by atoms with Crippen molar-refractivity contribution in [3.8, 4) is 0 Å². The van der Waals surface area contributed by atoms with Crippen LogP contribution in [0.2, 0.25) is 5.02 Å². The van der Waals surface area contributed by atoms with Gasteiger partial charge in [-0.05, 0) is 71.7 Å². The lowest BCUT2D eigenvalue weighted by molar-refractivity contribution is 0.249. The number of hydrogen-bond donors (Lipinski definition) is 0.